The van der Waals surface area contributed by atoms with Gasteiger partial charge in [-0.2, -0.15) is 0 Å². The Morgan fingerprint density at radius 3 is 1.20 bits per heavy atom. The van der Waals surface area contributed by atoms with Crippen LogP contribution in [0, 0.1) is 0 Å². The predicted molar refractivity (Wildman–Crippen MR) is 155 cm³/mol. The van der Waals surface area contributed by atoms with Crippen LogP contribution in [0.1, 0.15) is 135 Å². The minimum absolute atomic E-state index is 0.0609. The molecular formula is C28H53AlN4O7. The van der Waals surface area contributed by atoms with Crippen molar-refractivity contribution in [3.8, 4) is 0 Å². The summed E-state index contributed by atoms with van der Waals surface area (Å²) in [6, 6.07) is -2.38. The van der Waals surface area contributed by atoms with Crippen LogP contribution >= 0.6 is 0 Å². The van der Waals surface area contributed by atoms with E-state index < -0.39 is 55.3 Å². The normalized spacial score (nSPS) is 12.4. The lowest BCUT2D eigenvalue weighted by Gasteiger charge is -2.18. The average Bonchev–Trinajstić information content (AvgIpc) is 2.91. The second-order valence-corrected chi connectivity index (χ2v) is 12.4. The summed E-state index contributed by atoms with van der Waals surface area (Å²) in [6.45, 7) is 2.24. The van der Waals surface area contributed by atoms with E-state index in [0.29, 0.717) is 6.42 Å². The van der Waals surface area contributed by atoms with E-state index in [0.717, 1.165) is 19.3 Å². The molecule has 0 saturated heterocycles. The molecule has 0 aromatic heterocycles. The quantitative estimate of drug-likeness (QED) is 0.0824. The fourth-order valence-electron chi connectivity index (χ4n) is 4.16. The zero-order chi connectivity index (χ0) is 30.2. The van der Waals surface area contributed by atoms with Crippen LogP contribution in [0.5, 0.6) is 0 Å². The molecule has 0 aromatic rings. The van der Waals surface area contributed by atoms with Gasteiger partial charge in [0.2, 0.25) is 11.8 Å². The Hall–Kier alpha value is -2.00. The van der Waals surface area contributed by atoms with E-state index in [4.69, 9.17) is 30.5 Å². The average molecular weight is 585 g/mol. The first-order chi connectivity index (χ1) is 19.1. The van der Waals surface area contributed by atoms with Crippen LogP contribution in [0.3, 0.4) is 0 Å². The lowest BCUT2D eigenvalue weighted by atomic mass is 10.0. The highest BCUT2D eigenvalue weighted by Crippen LogP contribution is 2.14. The fraction of sp³-hybridized carbons (Fsp3) is 0.821. The van der Waals surface area contributed by atoms with Gasteiger partial charge in [-0.15, -0.1) is 0 Å². The smallest absolute Gasteiger partial charge is 0.579 e. The fourth-order valence-corrected chi connectivity index (χ4v) is 5.68. The number of amides is 2. The van der Waals surface area contributed by atoms with E-state index in [1.54, 1.807) is 0 Å². The molecule has 230 valence electrons. The summed E-state index contributed by atoms with van der Waals surface area (Å²) in [5.41, 5.74) is 21.6. The summed E-state index contributed by atoms with van der Waals surface area (Å²) < 4.78 is 9.96. The van der Waals surface area contributed by atoms with E-state index >= 15 is 0 Å². The van der Waals surface area contributed by atoms with E-state index in [1.807, 2.05) is 0 Å². The van der Waals surface area contributed by atoms with E-state index in [-0.39, 0.29) is 32.1 Å². The van der Waals surface area contributed by atoms with Crippen molar-refractivity contribution < 1.29 is 31.5 Å². The molecule has 11 nitrogen and oxygen atoms in total. The lowest BCUT2D eigenvalue weighted by molar-refractivity contribution is -0.144. The highest BCUT2D eigenvalue weighted by Gasteiger charge is 2.46. The Bertz CT molecular complexity index is 716. The number of hydrogen-bond donors (Lipinski definition) is 4. The number of unbranched alkanes of at least 4 members (excludes halogenated alkanes) is 14. The zero-order valence-electron chi connectivity index (χ0n) is 24.5. The molecule has 2 amide bonds. The molecule has 0 aliphatic heterocycles. The maximum Gasteiger partial charge on any atom is 0.945 e. The summed E-state index contributed by atoms with van der Waals surface area (Å²) in [4.78, 5) is 59.4. The van der Waals surface area contributed by atoms with Crippen LogP contribution in [-0.2, 0) is 31.5 Å². The maximum atomic E-state index is 12.8. The van der Waals surface area contributed by atoms with Crippen molar-refractivity contribution in [2.75, 3.05) is 0 Å². The molecule has 0 aliphatic carbocycles. The van der Waals surface area contributed by atoms with Crippen LogP contribution in [0.15, 0.2) is 0 Å². The van der Waals surface area contributed by atoms with Crippen LogP contribution in [0.25, 0.3) is 0 Å². The predicted octanol–water partition coefficient (Wildman–Crippen LogP) is 3.12. The van der Waals surface area contributed by atoms with Gasteiger partial charge in [0.15, 0.2) is 4.65 Å². The SMILES string of the molecule is CCCCCCCCCCCCCCCCC[C](=O)[Al]([O]C(=O)[C@H](N)CCC(N)=O)[O]C(=O)[C@H](N)CCC(N)=O. The standard InChI is InChI=1S/C18H35O.2C5H10N2O3.Al/c1-2-3-4-5-6-7-8-9-10-11-12-13-14-15-16-17-18-19;2*6-3(5(9)10)1-2-4(7)8;/h2-17H2,1H3;2*3H,1-2,6H2,(H2,7,8)(H,9,10);/q;;;+2/p-2/t;2*3-;/m.11./s1. The van der Waals surface area contributed by atoms with Gasteiger partial charge in [-0.1, -0.05) is 96.8 Å². The molecule has 12 heteroatoms. The Morgan fingerprint density at radius 1 is 0.550 bits per heavy atom. The van der Waals surface area contributed by atoms with E-state index in [9.17, 15) is 24.0 Å². The monoisotopic (exact) mass is 584 g/mol. The molecule has 0 rings (SSSR count). The Balaban J connectivity index is 4.41. The molecule has 0 heterocycles. The molecular weight excluding hydrogens is 531 g/mol. The van der Waals surface area contributed by atoms with Gasteiger partial charge in [-0.05, 0) is 25.7 Å². The number of hydrogen-bond acceptors (Lipinski definition) is 9. The van der Waals surface area contributed by atoms with Crippen molar-refractivity contribution in [2.45, 2.75) is 147 Å². The summed E-state index contributed by atoms with van der Waals surface area (Å²) in [6.07, 6.45) is 17.5. The van der Waals surface area contributed by atoms with Crippen LogP contribution in [0.2, 0.25) is 0 Å². The van der Waals surface area contributed by atoms with Crippen LogP contribution in [-0.4, -0.2) is 55.3 Å². The second kappa shape index (κ2) is 24.8. The highest BCUT2D eigenvalue weighted by molar-refractivity contribution is 6.82. The summed E-state index contributed by atoms with van der Waals surface area (Å²) in [5, 5.41) is 0. The van der Waals surface area contributed by atoms with Crippen molar-refractivity contribution >= 4 is 43.2 Å². The van der Waals surface area contributed by atoms with Crippen LogP contribution < -0.4 is 22.9 Å². The van der Waals surface area contributed by atoms with Gasteiger partial charge in [0.25, 0.3) is 11.9 Å². The number of carbonyl (C=O) groups excluding carboxylic acids is 5. The largest absolute Gasteiger partial charge is 0.945 e. The van der Waals surface area contributed by atoms with Gasteiger partial charge in [0, 0.05) is 12.8 Å². The number of primary amides is 2. The van der Waals surface area contributed by atoms with Gasteiger partial charge >= 0.3 is 14.8 Å². The summed E-state index contributed by atoms with van der Waals surface area (Å²) in [5.74, 6) is -3.15. The topological polar surface area (TPSA) is 208 Å². The minimum Gasteiger partial charge on any atom is -0.579 e. The minimum atomic E-state index is -3.48. The Morgan fingerprint density at radius 2 is 0.875 bits per heavy atom. The van der Waals surface area contributed by atoms with Gasteiger partial charge in [0.05, 0.1) is 0 Å². The maximum absolute atomic E-state index is 12.8. The van der Waals surface area contributed by atoms with Gasteiger partial charge in [0.1, 0.15) is 12.1 Å². The molecule has 0 spiro atoms. The van der Waals surface area contributed by atoms with Crippen molar-refractivity contribution in [1.29, 1.82) is 0 Å². The van der Waals surface area contributed by atoms with Crippen molar-refractivity contribution in [3.05, 3.63) is 0 Å². The third kappa shape index (κ3) is 21.8. The molecule has 40 heavy (non-hydrogen) atoms. The van der Waals surface area contributed by atoms with Gasteiger partial charge in [-0.25, -0.2) is 0 Å². The van der Waals surface area contributed by atoms with Gasteiger partial charge in [-0.3, -0.25) is 19.2 Å². The Labute approximate surface area is 244 Å². The summed E-state index contributed by atoms with van der Waals surface area (Å²) in [7, 11) is 0. The highest BCUT2D eigenvalue weighted by atomic mass is 27.2. The first kappa shape index (κ1) is 38.0. The zero-order valence-corrected chi connectivity index (χ0v) is 25.7. The molecule has 0 saturated carbocycles. The first-order valence-corrected chi connectivity index (χ1v) is 16.6. The Kier molecular flexibility index (Phi) is 23.5. The number of nitrogens with two attached hydrogens (primary N) is 4. The molecule has 8 N–H and O–H groups in total. The number of rotatable bonds is 27. The third-order valence-electron chi connectivity index (χ3n) is 6.74. The van der Waals surface area contributed by atoms with Gasteiger partial charge < -0.3 is 35.3 Å². The number of carbonyl (C=O) groups is 5. The lowest BCUT2D eigenvalue weighted by Crippen LogP contribution is -2.46. The third-order valence-corrected chi connectivity index (χ3v) is 8.45. The van der Waals surface area contributed by atoms with Crippen molar-refractivity contribution in [2.24, 2.45) is 22.9 Å². The molecule has 0 unspecified atom stereocenters. The molecule has 0 bridgehead atoms. The molecule has 0 radical (unpaired) electrons. The second-order valence-electron chi connectivity index (χ2n) is 10.6. The van der Waals surface area contributed by atoms with Crippen molar-refractivity contribution in [1.82, 2.24) is 0 Å². The molecule has 0 fully saturated rings. The summed E-state index contributed by atoms with van der Waals surface area (Å²) >= 11 is -3.48. The molecule has 0 aliphatic rings. The van der Waals surface area contributed by atoms with Crippen molar-refractivity contribution in [3.63, 3.8) is 0 Å². The molecule has 2 atom stereocenters. The van der Waals surface area contributed by atoms with Crippen LogP contribution in [0.4, 0.5) is 0 Å². The van der Waals surface area contributed by atoms with E-state index in [1.165, 1.54) is 70.6 Å². The first-order valence-electron chi connectivity index (χ1n) is 15.1. The molecule has 0 aromatic carbocycles. The van der Waals surface area contributed by atoms with E-state index in [2.05, 4.69) is 6.92 Å².